The predicted molar refractivity (Wildman–Crippen MR) is 123 cm³/mol. The highest BCUT2D eigenvalue weighted by Crippen LogP contribution is 2.34. The first-order valence-electron chi connectivity index (χ1n) is 10.2. The zero-order chi connectivity index (χ0) is 21.8. The largest absolute Gasteiger partial charge is 0.382 e. The third kappa shape index (κ3) is 4.48. The van der Waals surface area contributed by atoms with Crippen LogP contribution in [0.25, 0.3) is 11.3 Å². The molecule has 2 aromatic carbocycles. The van der Waals surface area contributed by atoms with Gasteiger partial charge in [0.25, 0.3) is 0 Å². The molecule has 1 amide bonds. The number of piperidine rings is 1. The fraction of sp³-hybridized carbons (Fsp3) is 0.217. The van der Waals surface area contributed by atoms with E-state index in [0.29, 0.717) is 17.4 Å². The van der Waals surface area contributed by atoms with Gasteiger partial charge < -0.3 is 22.1 Å². The quantitative estimate of drug-likeness (QED) is 0.440. The third-order valence-electron chi connectivity index (χ3n) is 5.45. The van der Waals surface area contributed by atoms with E-state index in [9.17, 15) is 4.79 Å². The molecule has 0 spiro atoms. The molecule has 0 saturated carbocycles. The van der Waals surface area contributed by atoms with Crippen molar-refractivity contribution in [2.45, 2.75) is 18.8 Å². The van der Waals surface area contributed by atoms with E-state index in [2.05, 4.69) is 44.1 Å². The smallest absolute Gasteiger partial charge is 0.302 e. The van der Waals surface area contributed by atoms with Crippen molar-refractivity contribution in [3.8, 4) is 11.3 Å². The third-order valence-corrected chi connectivity index (χ3v) is 5.45. The van der Waals surface area contributed by atoms with Gasteiger partial charge in [0.1, 0.15) is 5.69 Å². The molecule has 158 valence electrons. The van der Waals surface area contributed by atoms with Crippen LogP contribution in [0, 0.1) is 0 Å². The molecule has 1 fully saturated rings. The van der Waals surface area contributed by atoms with Gasteiger partial charge in [0.15, 0.2) is 23.3 Å². The van der Waals surface area contributed by atoms with Crippen molar-refractivity contribution in [3.63, 3.8) is 0 Å². The zero-order valence-corrected chi connectivity index (χ0v) is 17.1. The molecule has 0 aliphatic carbocycles. The summed E-state index contributed by atoms with van der Waals surface area (Å²) in [7, 11) is 0. The van der Waals surface area contributed by atoms with Crippen molar-refractivity contribution in [2.24, 2.45) is 16.5 Å². The number of hydrogen-bond acceptors (Lipinski definition) is 5. The Labute approximate surface area is 180 Å². The fourth-order valence-corrected chi connectivity index (χ4v) is 3.93. The van der Waals surface area contributed by atoms with Gasteiger partial charge in [0.05, 0.1) is 0 Å². The van der Waals surface area contributed by atoms with Gasteiger partial charge in [-0.25, -0.2) is 9.97 Å². The van der Waals surface area contributed by atoms with Crippen LogP contribution < -0.4 is 22.1 Å². The highest BCUT2D eigenvalue weighted by Gasteiger charge is 2.26. The Kier molecular flexibility index (Phi) is 5.79. The van der Waals surface area contributed by atoms with Crippen LogP contribution in [0.1, 0.15) is 34.8 Å². The number of nitrogens with zero attached hydrogens (tertiary/aromatic N) is 4. The van der Waals surface area contributed by atoms with Crippen LogP contribution in [0.15, 0.2) is 65.7 Å². The summed E-state index contributed by atoms with van der Waals surface area (Å²) in [4.78, 5) is 27.3. The van der Waals surface area contributed by atoms with Crippen LogP contribution in [0.4, 0.5) is 11.6 Å². The maximum Gasteiger partial charge on any atom is 0.302 e. The second-order valence-electron chi connectivity index (χ2n) is 7.51. The zero-order valence-electron chi connectivity index (χ0n) is 17.1. The van der Waals surface area contributed by atoms with Crippen LogP contribution in [-0.4, -0.2) is 34.9 Å². The normalized spacial score (nSPS) is 14.3. The Balaban J connectivity index is 1.68. The summed E-state index contributed by atoms with van der Waals surface area (Å²) in [5.41, 5.74) is 19.5. The van der Waals surface area contributed by atoms with Crippen LogP contribution >= 0.6 is 0 Å². The lowest BCUT2D eigenvalue weighted by atomic mass is 9.89. The molecule has 1 aliphatic rings. The molecular formula is C23H25N7O. The Morgan fingerprint density at radius 2 is 1.55 bits per heavy atom. The molecule has 1 aliphatic heterocycles. The SMILES string of the molecule is NC(N)=NC(=O)c1nc(-c2ccccc2)c(N2CCC(c3ccccc3)CC2)nc1N. The topological polar surface area (TPSA) is 137 Å². The van der Waals surface area contributed by atoms with E-state index >= 15 is 0 Å². The highest BCUT2D eigenvalue weighted by molar-refractivity contribution is 6.04. The lowest BCUT2D eigenvalue weighted by Gasteiger charge is -2.34. The minimum atomic E-state index is -0.712. The van der Waals surface area contributed by atoms with E-state index in [-0.39, 0.29) is 17.5 Å². The summed E-state index contributed by atoms with van der Waals surface area (Å²) < 4.78 is 0. The van der Waals surface area contributed by atoms with E-state index in [0.717, 1.165) is 31.5 Å². The summed E-state index contributed by atoms with van der Waals surface area (Å²) in [6, 6.07) is 20.1. The molecule has 31 heavy (non-hydrogen) atoms. The van der Waals surface area contributed by atoms with Gasteiger partial charge in [-0.2, -0.15) is 4.99 Å². The molecule has 3 aromatic rings. The number of aromatic nitrogens is 2. The molecule has 0 radical (unpaired) electrons. The fourth-order valence-electron chi connectivity index (χ4n) is 3.93. The Morgan fingerprint density at radius 1 is 0.935 bits per heavy atom. The van der Waals surface area contributed by atoms with Crippen molar-refractivity contribution in [1.29, 1.82) is 0 Å². The summed E-state index contributed by atoms with van der Waals surface area (Å²) in [6.07, 6.45) is 1.99. The maximum absolute atomic E-state index is 12.4. The first-order valence-corrected chi connectivity index (χ1v) is 10.2. The Hall–Kier alpha value is -3.94. The van der Waals surface area contributed by atoms with Crippen molar-refractivity contribution < 1.29 is 4.79 Å². The standard InChI is InChI=1S/C23H25N7O/c24-20-19(22(31)29-23(25)26)27-18(17-9-5-2-6-10-17)21(28-20)30-13-11-16(12-14-30)15-7-3-1-4-8-15/h1-10,16H,11-14H2,(H2,24,28)(H4,25,26,29,31). The second-order valence-corrected chi connectivity index (χ2v) is 7.51. The van der Waals surface area contributed by atoms with Crippen molar-refractivity contribution >= 4 is 23.5 Å². The van der Waals surface area contributed by atoms with Gasteiger partial charge in [-0.15, -0.1) is 0 Å². The molecule has 4 rings (SSSR count). The maximum atomic E-state index is 12.4. The minimum absolute atomic E-state index is 0.00913. The number of guanidine groups is 1. The summed E-state index contributed by atoms with van der Waals surface area (Å²) in [6.45, 7) is 1.63. The van der Waals surface area contributed by atoms with Crippen LogP contribution in [-0.2, 0) is 0 Å². The monoisotopic (exact) mass is 415 g/mol. The van der Waals surface area contributed by atoms with Gasteiger partial charge in [0, 0.05) is 18.7 Å². The number of amides is 1. The van der Waals surface area contributed by atoms with Crippen LogP contribution in [0.2, 0.25) is 0 Å². The molecule has 1 saturated heterocycles. The van der Waals surface area contributed by atoms with Gasteiger partial charge in [-0.3, -0.25) is 4.79 Å². The number of anilines is 2. The van der Waals surface area contributed by atoms with Gasteiger partial charge in [-0.1, -0.05) is 60.7 Å². The summed E-state index contributed by atoms with van der Waals surface area (Å²) in [5, 5.41) is 0. The number of benzene rings is 2. The number of nitrogens with two attached hydrogens (primary N) is 3. The first-order chi connectivity index (χ1) is 15.0. The molecule has 8 heteroatoms. The van der Waals surface area contributed by atoms with Crippen molar-refractivity contribution in [3.05, 3.63) is 71.9 Å². The molecular weight excluding hydrogens is 390 g/mol. The second kappa shape index (κ2) is 8.83. The summed E-state index contributed by atoms with van der Waals surface area (Å²) in [5.74, 6) is 0.119. The molecule has 1 aromatic heterocycles. The average molecular weight is 416 g/mol. The van der Waals surface area contributed by atoms with E-state index in [1.165, 1.54) is 5.56 Å². The highest BCUT2D eigenvalue weighted by atomic mass is 16.1. The number of rotatable bonds is 4. The van der Waals surface area contributed by atoms with E-state index in [1.54, 1.807) is 0 Å². The lowest BCUT2D eigenvalue weighted by Crippen LogP contribution is -2.34. The Bertz CT molecular complexity index is 1090. The van der Waals surface area contributed by atoms with Crippen LogP contribution in [0.3, 0.4) is 0 Å². The van der Waals surface area contributed by atoms with Gasteiger partial charge in [-0.05, 0) is 24.3 Å². The number of hydrogen-bond donors (Lipinski definition) is 3. The molecule has 0 bridgehead atoms. The number of carbonyl (C=O) groups is 1. The lowest BCUT2D eigenvalue weighted by molar-refractivity contribution is 0.0998. The van der Waals surface area contributed by atoms with E-state index < -0.39 is 5.91 Å². The molecule has 0 unspecified atom stereocenters. The number of nitrogen functional groups attached to an aromatic ring is 1. The van der Waals surface area contributed by atoms with E-state index in [4.69, 9.17) is 17.2 Å². The van der Waals surface area contributed by atoms with Crippen molar-refractivity contribution in [1.82, 2.24) is 9.97 Å². The molecule has 2 heterocycles. The summed E-state index contributed by atoms with van der Waals surface area (Å²) >= 11 is 0. The Morgan fingerprint density at radius 3 is 2.16 bits per heavy atom. The van der Waals surface area contributed by atoms with Crippen LogP contribution in [0.5, 0.6) is 0 Å². The molecule has 6 N–H and O–H groups in total. The minimum Gasteiger partial charge on any atom is -0.382 e. The van der Waals surface area contributed by atoms with Crippen molar-refractivity contribution in [2.75, 3.05) is 23.7 Å². The first kappa shape index (κ1) is 20.3. The average Bonchev–Trinajstić information content (AvgIpc) is 2.79. The molecule has 0 atom stereocenters. The number of aliphatic imine (C=N–C) groups is 1. The van der Waals surface area contributed by atoms with E-state index in [1.807, 2.05) is 36.4 Å². The predicted octanol–water partition coefficient (Wildman–Crippen LogP) is 2.52. The number of carbonyl (C=O) groups excluding carboxylic acids is 1. The molecule has 8 nitrogen and oxygen atoms in total. The van der Waals surface area contributed by atoms with Gasteiger partial charge in [0.2, 0.25) is 0 Å². The van der Waals surface area contributed by atoms with Gasteiger partial charge >= 0.3 is 5.91 Å².